The van der Waals surface area contributed by atoms with Gasteiger partial charge in [-0.3, -0.25) is 14.7 Å². The molecular weight excluding hydrogens is 212 g/mol. The van der Waals surface area contributed by atoms with Crippen LogP contribution in [0.3, 0.4) is 0 Å². The molecule has 2 rings (SSSR count). The van der Waals surface area contributed by atoms with Gasteiger partial charge in [-0.15, -0.1) is 0 Å². The van der Waals surface area contributed by atoms with Crippen molar-refractivity contribution >= 4 is 11.9 Å². The van der Waals surface area contributed by atoms with Crippen molar-refractivity contribution in [3.63, 3.8) is 0 Å². The zero-order valence-corrected chi connectivity index (χ0v) is 8.73. The van der Waals surface area contributed by atoms with E-state index in [0.717, 1.165) is 0 Å². The number of aliphatic carboxylic acids is 1. The number of rotatable bonds is 4. The number of carbonyl (C=O) groups is 2. The number of carbonyl (C=O) groups excluding carboxylic acids is 1. The minimum atomic E-state index is -1.21. The molecule has 1 fully saturated rings. The molecule has 7 nitrogen and oxygen atoms in total. The van der Waals surface area contributed by atoms with Crippen LogP contribution >= 0.6 is 0 Å². The van der Waals surface area contributed by atoms with E-state index in [1.165, 1.54) is 6.33 Å². The Labute approximate surface area is 91.3 Å². The van der Waals surface area contributed by atoms with Crippen LogP contribution in [0.25, 0.3) is 0 Å². The van der Waals surface area contributed by atoms with Crippen LogP contribution < -0.4 is 5.32 Å². The van der Waals surface area contributed by atoms with Crippen molar-refractivity contribution in [2.24, 2.45) is 5.41 Å². The second kappa shape index (κ2) is 3.58. The number of nitrogens with one attached hydrogen (secondary N) is 2. The summed E-state index contributed by atoms with van der Waals surface area (Å²) in [4.78, 5) is 26.5. The number of aromatic amines is 1. The highest BCUT2D eigenvalue weighted by molar-refractivity contribution is 6.04. The van der Waals surface area contributed by atoms with E-state index in [1.54, 1.807) is 6.92 Å². The Balaban J connectivity index is 2.01. The minimum absolute atomic E-state index is 0.369. The maximum atomic E-state index is 11.7. The Morgan fingerprint density at radius 3 is 2.75 bits per heavy atom. The molecule has 1 aliphatic carbocycles. The first-order valence-corrected chi connectivity index (χ1v) is 4.96. The van der Waals surface area contributed by atoms with Crippen LogP contribution in [0.1, 0.15) is 31.6 Å². The fourth-order valence-corrected chi connectivity index (χ4v) is 1.49. The molecule has 1 saturated carbocycles. The van der Waals surface area contributed by atoms with Crippen LogP contribution in [0.2, 0.25) is 0 Å². The van der Waals surface area contributed by atoms with Gasteiger partial charge in [0.05, 0.1) is 6.04 Å². The zero-order valence-electron chi connectivity index (χ0n) is 8.73. The van der Waals surface area contributed by atoms with Crippen LogP contribution in [-0.2, 0) is 9.59 Å². The second-order valence-corrected chi connectivity index (χ2v) is 3.95. The van der Waals surface area contributed by atoms with Gasteiger partial charge >= 0.3 is 5.97 Å². The summed E-state index contributed by atoms with van der Waals surface area (Å²) in [6.07, 6.45) is 2.14. The summed E-state index contributed by atoms with van der Waals surface area (Å²) in [7, 11) is 0. The molecule has 1 unspecified atom stereocenters. The monoisotopic (exact) mass is 224 g/mol. The number of hydrogen-bond donors (Lipinski definition) is 3. The summed E-state index contributed by atoms with van der Waals surface area (Å²) in [6.45, 7) is 1.72. The van der Waals surface area contributed by atoms with E-state index in [0.29, 0.717) is 18.7 Å². The van der Waals surface area contributed by atoms with Gasteiger partial charge in [-0.25, -0.2) is 4.98 Å². The van der Waals surface area contributed by atoms with E-state index in [2.05, 4.69) is 20.5 Å². The average molecular weight is 224 g/mol. The Hall–Kier alpha value is -1.92. The van der Waals surface area contributed by atoms with Crippen molar-refractivity contribution < 1.29 is 14.7 Å². The SMILES string of the molecule is CC(NC(=O)C1(C(=O)O)CC1)c1ncn[nH]1. The van der Waals surface area contributed by atoms with E-state index in [9.17, 15) is 9.59 Å². The topological polar surface area (TPSA) is 108 Å². The molecule has 86 valence electrons. The summed E-state index contributed by atoms with van der Waals surface area (Å²) >= 11 is 0. The van der Waals surface area contributed by atoms with Gasteiger partial charge in [-0.1, -0.05) is 0 Å². The molecule has 1 amide bonds. The van der Waals surface area contributed by atoms with Crippen molar-refractivity contribution in [1.29, 1.82) is 0 Å². The van der Waals surface area contributed by atoms with E-state index in [4.69, 9.17) is 5.11 Å². The third kappa shape index (κ3) is 1.64. The van der Waals surface area contributed by atoms with Gasteiger partial charge in [-0.05, 0) is 19.8 Å². The number of nitrogens with zero attached hydrogens (tertiary/aromatic N) is 2. The zero-order chi connectivity index (χ0) is 11.8. The van der Waals surface area contributed by atoms with Gasteiger partial charge in [0.15, 0.2) is 0 Å². The quantitative estimate of drug-likeness (QED) is 0.616. The molecule has 0 bridgehead atoms. The molecule has 1 aromatic rings. The number of hydrogen-bond acceptors (Lipinski definition) is 4. The number of carboxylic acid groups (broad SMARTS) is 1. The first kappa shape index (κ1) is 10.6. The lowest BCUT2D eigenvalue weighted by Crippen LogP contribution is -2.38. The Kier molecular flexibility index (Phi) is 2.37. The van der Waals surface area contributed by atoms with Crippen LogP contribution in [-0.4, -0.2) is 32.2 Å². The van der Waals surface area contributed by atoms with Crippen molar-refractivity contribution in [2.75, 3.05) is 0 Å². The summed E-state index contributed by atoms with van der Waals surface area (Å²) in [5.74, 6) is -1.01. The lowest BCUT2D eigenvalue weighted by molar-refractivity contribution is -0.149. The standard InChI is InChI=1S/C9H12N4O3/c1-5(6-10-4-11-13-6)12-7(14)9(2-3-9)8(15)16/h4-5H,2-3H2,1H3,(H,12,14)(H,15,16)(H,10,11,13). The lowest BCUT2D eigenvalue weighted by Gasteiger charge is -2.14. The van der Waals surface area contributed by atoms with Gasteiger partial charge < -0.3 is 10.4 Å². The van der Waals surface area contributed by atoms with Crippen LogP contribution in [0.15, 0.2) is 6.33 Å². The molecule has 0 spiro atoms. The third-order valence-corrected chi connectivity index (χ3v) is 2.79. The summed E-state index contributed by atoms with van der Waals surface area (Å²) in [5, 5.41) is 17.8. The van der Waals surface area contributed by atoms with Gasteiger partial charge in [-0.2, -0.15) is 5.10 Å². The molecule has 7 heteroatoms. The van der Waals surface area contributed by atoms with Gasteiger partial charge in [0.1, 0.15) is 17.6 Å². The summed E-state index contributed by atoms with van der Waals surface area (Å²) < 4.78 is 0. The fraction of sp³-hybridized carbons (Fsp3) is 0.556. The molecular formula is C9H12N4O3. The number of carboxylic acids is 1. The molecule has 1 aliphatic rings. The maximum Gasteiger partial charge on any atom is 0.319 e. The first-order valence-electron chi connectivity index (χ1n) is 4.96. The predicted octanol–water partition coefficient (Wildman–Crippen LogP) is -0.153. The van der Waals surface area contributed by atoms with Crippen molar-refractivity contribution in [3.05, 3.63) is 12.2 Å². The molecule has 0 aromatic carbocycles. The number of amides is 1. The Morgan fingerprint density at radius 1 is 1.62 bits per heavy atom. The van der Waals surface area contributed by atoms with Gasteiger partial charge in [0.25, 0.3) is 0 Å². The average Bonchev–Trinajstić information content (AvgIpc) is 2.87. The third-order valence-electron chi connectivity index (χ3n) is 2.79. The first-order chi connectivity index (χ1) is 7.56. The summed E-state index contributed by atoms with van der Waals surface area (Å²) in [6, 6.07) is -0.369. The highest BCUT2D eigenvalue weighted by Gasteiger charge is 2.57. The lowest BCUT2D eigenvalue weighted by atomic mass is 10.1. The predicted molar refractivity (Wildman–Crippen MR) is 52.2 cm³/mol. The second-order valence-electron chi connectivity index (χ2n) is 3.95. The Morgan fingerprint density at radius 2 is 2.31 bits per heavy atom. The van der Waals surface area contributed by atoms with E-state index < -0.39 is 17.3 Å². The highest BCUT2D eigenvalue weighted by atomic mass is 16.4. The molecule has 1 atom stereocenters. The van der Waals surface area contributed by atoms with Crippen molar-refractivity contribution in [2.45, 2.75) is 25.8 Å². The Bertz CT molecular complexity index is 410. The molecule has 0 aliphatic heterocycles. The van der Waals surface area contributed by atoms with E-state index in [1.807, 2.05) is 0 Å². The molecule has 0 saturated heterocycles. The number of aromatic nitrogens is 3. The maximum absolute atomic E-state index is 11.7. The number of H-pyrrole nitrogens is 1. The van der Waals surface area contributed by atoms with Crippen molar-refractivity contribution in [1.82, 2.24) is 20.5 Å². The molecule has 0 radical (unpaired) electrons. The summed E-state index contributed by atoms with van der Waals surface area (Å²) in [5.41, 5.74) is -1.21. The minimum Gasteiger partial charge on any atom is -0.480 e. The van der Waals surface area contributed by atoms with Crippen LogP contribution in [0, 0.1) is 5.41 Å². The highest BCUT2D eigenvalue weighted by Crippen LogP contribution is 2.46. The normalized spacial score (nSPS) is 18.8. The molecule has 3 N–H and O–H groups in total. The molecule has 1 aromatic heterocycles. The smallest absolute Gasteiger partial charge is 0.319 e. The van der Waals surface area contributed by atoms with Crippen LogP contribution in [0.5, 0.6) is 0 Å². The molecule has 16 heavy (non-hydrogen) atoms. The van der Waals surface area contributed by atoms with Crippen LogP contribution in [0.4, 0.5) is 0 Å². The van der Waals surface area contributed by atoms with Gasteiger partial charge in [0, 0.05) is 0 Å². The largest absolute Gasteiger partial charge is 0.480 e. The molecule has 1 heterocycles. The van der Waals surface area contributed by atoms with Crippen molar-refractivity contribution in [3.8, 4) is 0 Å². The van der Waals surface area contributed by atoms with E-state index >= 15 is 0 Å². The fourth-order valence-electron chi connectivity index (χ4n) is 1.49. The van der Waals surface area contributed by atoms with Gasteiger partial charge in [0.2, 0.25) is 5.91 Å². The van der Waals surface area contributed by atoms with E-state index in [-0.39, 0.29) is 6.04 Å².